The number of pyridine rings is 1. The summed E-state index contributed by atoms with van der Waals surface area (Å²) in [4.78, 5) is 28.2. The maximum atomic E-state index is 12.2. The molecular formula is C27H32N4O5. The number of hydrogen-bond acceptors (Lipinski definition) is 7. The van der Waals surface area contributed by atoms with Gasteiger partial charge in [0.1, 0.15) is 18.1 Å². The van der Waals surface area contributed by atoms with Gasteiger partial charge in [0.05, 0.1) is 29.1 Å². The van der Waals surface area contributed by atoms with Gasteiger partial charge in [-0.25, -0.2) is 4.98 Å². The summed E-state index contributed by atoms with van der Waals surface area (Å²) in [5.41, 5.74) is 3.92. The Kier molecular flexibility index (Phi) is 8.30. The van der Waals surface area contributed by atoms with Gasteiger partial charge in [-0.05, 0) is 63.1 Å². The van der Waals surface area contributed by atoms with Gasteiger partial charge in [-0.2, -0.15) is 0 Å². The summed E-state index contributed by atoms with van der Waals surface area (Å²) in [5, 5.41) is 17.8. The number of ether oxygens (including phenoxy) is 2. The van der Waals surface area contributed by atoms with Gasteiger partial charge in [0.25, 0.3) is 0 Å². The third-order valence-electron chi connectivity index (χ3n) is 6.53. The molecule has 0 spiro atoms. The molecule has 0 radical (unpaired) electrons. The fourth-order valence-electron chi connectivity index (χ4n) is 4.53. The minimum atomic E-state index is -0.756. The van der Waals surface area contributed by atoms with Crippen molar-refractivity contribution in [3.63, 3.8) is 0 Å². The SMILES string of the molecule is Cc1nc(-c2nnn(C)c2CCCC(=O)OCc2ccccc2)ccc1O[C@H]1CCC[C@H](C(=O)O)C1. The topological polar surface area (TPSA) is 116 Å². The first-order chi connectivity index (χ1) is 17.4. The van der Waals surface area contributed by atoms with E-state index in [-0.39, 0.29) is 24.6 Å². The van der Waals surface area contributed by atoms with Gasteiger partial charge in [-0.3, -0.25) is 14.3 Å². The first kappa shape index (κ1) is 25.3. The quantitative estimate of drug-likeness (QED) is 0.417. The van der Waals surface area contributed by atoms with E-state index in [1.54, 1.807) is 4.68 Å². The molecule has 2 aromatic heterocycles. The third-order valence-corrected chi connectivity index (χ3v) is 6.53. The van der Waals surface area contributed by atoms with Gasteiger partial charge >= 0.3 is 11.9 Å². The van der Waals surface area contributed by atoms with Gasteiger partial charge in [-0.15, -0.1) is 5.10 Å². The molecule has 0 unspecified atom stereocenters. The Hall–Kier alpha value is -3.75. The maximum absolute atomic E-state index is 12.2. The number of carboxylic acids is 1. The smallest absolute Gasteiger partial charge is 0.306 e. The number of benzene rings is 1. The zero-order valence-electron chi connectivity index (χ0n) is 20.7. The molecule has 9 heteroatoms. The van der Waals surface area contributed by atoms with Gasteiger partial charge in [0.15, 0.2) is 0 Å². The number of aryl methyl sites for hydroxylation is 2. The van der Waals surface area contributed by atoms with Crippen molar-refractivity contribution in [1.82, 2.24) is 20.0 Å². The fraction of sp³-hybridized carbons (Fsp3) is 0.444. The highest BCUT2D eigenvalue weighted by molar-refractivity contribution is 5.70. The molecule has 36 heavy (non-hydrogen) atoms. The standard InChI is InChI=1S/C27H32N4O5/c1-18-24(36-21-11-6-10-20(16-21)27(33)34)15-14-22(28-18)26-23(31(2)30-29-26)12-7-13-25(32)35-17-19-8-4-3-5-9-19/h3-5,8-9,14-15,20-21H,6-7,10-13,16-17H2,1-2H3,(H,33,34)/t20-,21-/m0/s1. The van der Waals surface area contributed by atoms with Crippen LogP contribution < -0.4 is 4.74 Å². The summed E-state index contributed by atoms with van der Waals surface area (Å²) in [6.45, 7) is 2.14. The van der Waals surface area contributed by atoms with Crippen LogP contribution in [0, 0.1) is 12.8 Å². The Labute approximate surface area is 210 Å². The molecule has 1 aliphatic rings. The zero-order chi connectivity index (χ0) is 25.5. The molecule has 1 N–H and O–H groups in total. The summed E-state index contributed by atoms with van der Waals surface area (Å²) in [5.74, 6) is -0.692. The van der Waals surface area contributed by atoms with Gasteiger partial charge < -0.3 is 14.6 Å². The minimum Gasteiger partial charge on any atom is -0.489 e. The molecule has 0 amide bonds. The van der Waals surface area contributed by atoms with E-state index >= 15 is 0 Å². The van der Waals surface area contributed by atoms with Crippen molar-refractivity contribution in [2.45, 2.75) is 64.6 Å². The number of aromatic nitrogens is 4. The van der Waals surface area contributed by atoms with E-state index in [0.717, 1.165) is 24.1 Å². The normalized spacial score (nSPS) is 17.5. The Morgan fingerprint density at radius 3 is 2.69 bits per heavy atom. The second kappa shape index (κ2) is 11.8. The van der Waals surface area contributed by atoms with Crippen molar-refractivity contribution >= 4 is 11.9 Å². The van der Waals surface area contributed by atoms with Crippen molar-refractivity contribution in [3.8, 4) is 17.1 Å². The van der Waals surface area contributed by atoms with Crippen molar-refractivity contribution < 1.29 is 24.2 Å². The second-order valence-corrected chi connectivity index (χ2v) is 9.23. The number of carboxylic acid groups (broad SMARTS) is 1. The summed E-state index contributed by atoms with van der Waals surface area (Å²) in [6.07, 6.45) is 4.28. The van der Waals surface area contributed by atoms with Crippen LogP contribution in [0.3, 0.4) is 0 Å². The molecule has 4 rings (SSSR count). The number of rotatable bonds is 10. The minimum absolute atomic E-state index is 0.125. The first-order valence-corrected chi connectivity index (χ1v) is 12.4. The number of esters is 1. The Bertz CT molecular complexity index is 1190. The number of carbonyl (C=O) groups excluding carboxylic acids is 1. The third kappa shape index (κ3) is 6.47. The monoisotopic (exact) mass is 492 g/mol. The van der Waals surface area contributed by atoms with Crippen LogP contribution in [-0.2, 0) is 34.4 Å². The average molecular weight is 493 g/mol. The summed E-state index contributed by atoms with van der Waals surface area (Å²) >= 11 is 0. The van der Waals surface area contributed by atoms with E-state index < -0.39 is 5.97 Å². The van der Waals surface area contributed by atoms with Crippen molar-refractivity contribution in [2.75, 3.05) is 0 Å². The summed E-state index contributed by atoms with van der Waals surface area (Å²) in [7, 11) is 1.83. The largest absolute Gasteiger partial charge is 0.489 e. The molecule has 2 atom stereocenters. The second-order valence-electron chi connectivity index (χ2n) is 9.23. The lowest BCUT2D eigenvalue weighted by Crippen LogP contribution is -2.29. The van der Waals surface area contributed by atoms with E-state index in [0.29, 0.717) is 54.9 Å². The average Bonchev–Trinajstić information content (AvgIpc) is 3.25. The highest BCUT2D eigenvalue weighted by atomic mass is 16.5. The lowest BCUT2D eigenvalue weighted by molar-refractivity contribution is -0.145. The maximum Gasteiger partial charge on any atom is 0.306 e. The Balaban J connectivity index is 1.34. The van der Waals surface area contributed by atoms with E-state index in [1.807, 2.05) is 56.4 Å². The molecule has 190 valence electrons. The summed E-state index contributed by atoms with van der Waals surface area (Å²) in [6, 6.07) is 13.3. The van der Waals surface area contributed by atoms with E-state index in [1.165, 1.54) is 0 Å². The van der Waals surface area contributed by atoms with Crippen molar-refractivity contribution in [2.24, 2.45) is 13.0 Å². The molecule has 1 aromatic carbocycles. The Morgan fingerprint density at radius 2 is 1.94 bits per heavy atom. The van der Waals surface area contributed by atoms with Crippen LogP contribution >= 0.6 is 0 Å². The van der Waals surface area contributed by atoms with Crippen molar-refractivity contribution in [3.05, 3.63) is 59.4 Å². The van der Waals surface area contributed by atoms with E-state index in [9.17, 15) is 14.7 Å². The van der Waals surface area contributed by atoms with Crippen LogP contribution in [0.25, 0.3) is 11.4 Å². The van der Waals surface area contributed by atoms with E-state index in [4.69, 9.17) is 14.5 Å². The highest BCUT2D eigenvalue weighted by Crippen LogP contribution is 2.30. The predicted molar refractivity (Wildman–Crippen MR) is 132 cm³/mol. The molecule has 0 bridgehead atoms. The molecule has 1 saturated carbocycles. The number of aliphatic carboxylic acids is 1. The number of carbonyl (C=O) groups is 2. The van der Waals surface area contributed by atoms with Crippen LogP contribution in [0.5, 0.6) is 5.75 Å². The van der Waals surface area contributed by atoms with Crippen LogP contribution in [0.1, 0.15) is 55.5 Å². The number of nitrogens with zero attached hydrogens (tertiary/aromatic N) is 4. The molecule has 1 aliphatic carbocycles. The van der Waals surface area contributed by atoms with Gasteiger partial charge in [0.2, 0.25) is 0 Å². The highest BCUT2D eigenvalue weighted by Gasteiger charge is 2.28. The molecule has 1 fully saturated rings. The zero-order valence-corrected chi connectivity index (χ0v) is 20.7. The van der Waals surface area contributed by atoms with Gasteiger partial charge in [-0.1, -0.05) is 35.5 Å². The molecule has 2 heterocycles. The first-order valence-electron chi connectivity index (χ1n) is 12.4. The van der Waals surface area contributed by atoms with Crippen molar-refractivity contribution in [1.29, 1.82) is 0 Å². The van der Waals surface area contributed by atoms with E-state index in [2.05, 4.69) is 10.3 Å². The Morgan fingerprint density at radius 1 is 1.14 bits per heavy atom. The molecule has 9 nitrogen and oxygen atoms in total. The molecular weight excluding hydrogens is 460 g/mol. The lowest BCUT2D eigenvalue weighted by Gasteiger charge is -2.27. The number of hydrogen-bond donors (Lipinski definition) is 1. The van der Waals surface area contributed by atoms with Crippen LogP contribution in [0.4, 0.5) is 0 Å². The molecule has 3 aromatic rings. The molecule has 0 aliphatic heterocycles. The van der Waals surface area contributed by atoms with Crippen LogP contribution in [0.15, 0.2) is 42.5 Å². The van der Waals surface area contributed by atoms with Gasteiger partial charge in [0, 0.05) is 13.5 Å². The van der Waals surface area contributed by atoms with Crippen LogP contribution in [0.2, 0.25) is 0 Å². The lowest BCUT2D eigenvalue weighted by atomic mass is 9.87. The van der Waals surface area contributed by atoms with Crippen LogP contribution in [-0.4, -0.2) is 43.1 Å². The predicted octanol–water partition coefficient (Wildman–Crippen LogP) is 4.27. The summed E-state index contributed by atoms with van der Waals surface area (Å²) < 4.78 is 13.2. The fourth-order valence-corrected chi connectivity index (χ4v) is 4.53. The molecule has 0 saturated heterocycles.